The van der Waals surface area contributed by atoms with E-state index in [2.05, 4.69) is 0 Å². The van der Waals surface area contributed by atoms with Crippen LogP contribution in [-0.4, -0.2) is 47.7 Å². The van der Waals surface area contributed by atoms with Gasteiger partial charge in [0.2, 0.25) is 0 Å². The standard InChI is InChI=1S/C10H18O5/c1-2-14-8-6-10(7-8,9(12)13)15-5-3-4-11/h8,11H,2-7H2,1H3,(H,12,13). The molecule has 88 valence electrons. The van der Waals surface area contributed by atoms with Gasteiger partial charge in [0.25, 0.3) is 0 Å². The third kappa shape index (κ3) is 2.90. The number of aliphatic carboxylic acids is 1. The number of hydrogen-bond donors (Lipinski definition) is 2. The van der Waals surface area contributed by atoms with Gasteiger partial charge in [0, 0.05) is 26.1 Å². The molecule has 0 aliphatic heterocycles. The molecule has 15 heavy (non-hydrogen) atoms. The zero-order valence-corrected chi connectivity index (χ0v) is 8.94. The molecule has 1 saturated carbocycles. The fraction of sp³-hybridized carbons (Fsp3) is 0.900. The van der Waals surface area contributed by atoms with E-state index >= 15 is 0 Å². The molecule has 0 atom stereocenters. The summed E-state index contributed by atoms with van der Waals surface area (Å²) < 4.78 is 10.6. The van der Waals surface area contributed by atoms with Gasteiger partial charge in [-0.05, 0) is 13.3 Å². The average Bonchev–Trinajstić information content (AvgIpc) is 2.13. The molecule has 5 nitrogen and oxygen atoms in total. The fourth-order valence-electron chi connectivity index (χ4n) is 1.72. The Balaban J connectivity index is 2.36. The third-order valence-corrected chi connectivity index (χ3v) is 2.59. The van der Waals surface area contributed by atoms with Gasteiger partial charge in [-0.2, -0.15) is 0 Å². The maximum Gasteiger partial charge on any atom is 0.336 e. The fourth-order valence-corrected chi connectivity index (χ4v) is 1.72. The Hall–Kier alpha value is -0.650. The lowest BCUT2D eigenvalue weighted by atomic mass is 9.77. The van der Waals surface area contributed by atoms with Crippen molar-refractivity contribution < 1.29 is 24.5 Å². The molecule has 0 radical (unpaired) electrons. The molecule has 0 bridgehead atoms. The van der Waals surface area contributed by atoms with Gasteiger partial charge in [-0.1, -0.05) is 0 Å². The van der Waals surface area contributed by atoms with E-state index in [0.717, 1.165) is 0 Å². The van der Waals surface area contributed by atoms with Crippen LogP contribution in [0.25, 0.3) is 0 Å². The number of ether oxygens (including phenoxy) is 2. The molecule has 5 heteroatoms. The number of carboxylic acids is 1. The highest BCUT2D eigenvalue weighted by Gasteiger charge is 2.52. The van der Waals surface area contributed by atoms with Crippen LogP contribution in [0.1, 0.15) is 26.2 Å². The van der Waals surface area contributed by atoms with E-state index in [9.17, 15) is 4.79 Å². The van der Waals surface area contributed by atoms with Crippen LogP contribution in [0.3, 0.4) is 0 Å². The lowest BCUT2D eigenvalue weighted by Crippen LogP contribution is -2.56. The molecule has 0 spiro atoms. The lowest BCUT2D eigenvalue weighted by Gasteiger charge is -2.43. The van der Waals surface area contributed by atoms with Crippen LogP contribution < -0.4 is 0 Å². The first-order valence-electron chi connectivity index (χ1n) is 5.24. The number of carboxylic acid groups (broad SMARTS) is 1. The molecule has 0 amide bonds. The van der Waals surface area contributed by atoms with E-state index in [1.165, 1.54) is 0 Å². The third-order valence-electron chi connectivity index (χ3n) is 2.59. The second-order valence-electron chi connectivity index (χ2n) is 3.71. The van der Waals surface area contributed by atoms with Gasteiger partial charge < -0.3 is 19.7 Å². The number of carbonyl (C=O) groups is 1. The SMILES string of the molecule is CCOC1CC(OCCCO)(C(=O)O)C1. The molecule has 0 aromatic carbocycles. The topological polar surface area (TPSA) is 76.0 Å². The van der Waals surface area contributed by atoms with E-state index in [4.69, 9.17) is 19.7 Å². The van der Waals surface area contributed by atoms with Gasteiger partial charge in [-0.25, -0.2) is 4.79 Å². The summed E-state index contributed by atoms with van der Waals surface area (Å²) in [4.78, 5) is 11.0. The van der Waals surface area contributed by atoms with Gasteiger partial charge in [0.15, 0.2) is 5.60 Å². The molecule has 1 aliphatic carbocycles. The first-order chi connectivity index (χ1) is 7.14. The highest BCUT2D eigenvalue weighted by atomic mass is 16.5. The molecule has 0 unspecified atom stereocenters. The monoisotopic (exact) mass is 218 g/mol. The van der Waals surface area contributed by atoms with Crippen molar-refractivity contribution in [2.75, 3.05) is 19.8 Å². The van der Waals surface area contributed by atoms with Crippen LogP contribution in [-0.2, 0) is 14.3 Å². The van der Waals surface area contributed by atoms with E-state index in [1.54, 1.807) is 0 Å². The van der Waals surface area contributed by atoms with Crippen LogP contribution in [0.15, 0.2) is 0 Å². The summed E-state index contributed by atoms with van der Waals surface area (Å²) in [5.74, 6) is -0.934. The lowest BCUT2D eigenvalue weighted by molar-refractivity contribution is -0.202. The number of aliphatic hydroxyl groups excluding tert-OH is 1. The molecule has 1 aliphatic rings. The second-order valence-corrected chi connectivity index (χ2v) is 3.71. The minimum Gasteiger partial charge on any atom is -0.479 e. The molecule has 1 rings (SSSR count). The Labute approximate surface area is 89.0 Å². The molecule has 1 fully saturated rings. The van der Waals surface area contributed by atoms with Crippen molar-refractivity contribution in [1.29, 1.82) is 0 Å². The zero-order chi connectivity index (χ0) is 11.3. The average molecular weight is 218 g/mol. The van der Waals surface area contributed by atoms with Crippen molar-refractivity contribution >= 4 is 5.97 Å². The Kier molecular flexibility index (Phi) is 4.50. The quantitative estimate of drug-likeness (QED) is 0.605. The van der Waals surface area contributed by atoms with Gasteiger partial charge in [0.05, 0.1) is 12.7 Å². The summed E-state index contributed by atoms with van der Waals surface area (Å²) in [5.41, 5.74) is -1.07. The van der Waals surface area contributed by atoms with E-state index in [-0.39, 0.29) is 19.3 Å². The largest absolute Gasteiger partial charge is 0.479 e. The van der Waals surface area contributed by atoms with Crippen LogP contribution in [0.5, 0.6) is 0 Å². The van der Waals surface area contributed by atoms with Crippen molar-refractivity contribution in [3.63, 3.8) is 0 Å². The van der Waals surface area contributed by atoms with Crippen molar-refractivity contribution in [2.24, 2.45) is 0 Å². The highest BCUT2D eigenvalue weighted by molar-refractivity contribution is 5.79. The normalized spacial score (nSPS) is 29.9. The number of hydrogen-bond acceptors (Lipinski definition) is 4. The van der Waals surface area contributed by atoms with Crippen molar-refractivity contribution in [3.05, 3.63) is 0 Å². The van der Waals surface area contributed by atoms with E-state index in [0.29, 0.717) is 25.9 Å². The summed E-state index contributed by atoms with van der Waals surface area (Å²) in [5, 5.41) is 17.6. The maximum atomic E-state index is 11.0. The summed E-state index contributed by atoms with van der Waals surface area (Å²) in [7, 11) is 0. The molecule has 2 N–H and O–H groups in total. The predicted molar refractivity (Wildman–Crippen MR) is 52.7 cm³/mol. The first kappa shape index (κ1) is 12.4. The minimum absolute atomic E-state index is 0.000210. The molecular formula is C10H18O5. The smallest absolute Gasteiger partial charge is 0.336 e. The van der Waals surface area contributed by atoms with Crippen molar-refractivity contribution in [3.8, 4) is 0 Å². The number of rotatable bonds is 7. The van der Waals surface area contributed by atoms with E-state index < -0.39 is 11.6 Å². The number of aliphatic hydroxyl groups is 1. The van der Waals surface area contributed by atoms with Crippen LogP contribution in [0.2, 0.25) is 0 Å². The summed E-state index contributed by atoms with van der Waals surface area (Å²) in [6.45, 7) is 2.77. The molecular weight excluding hydrogens is 200 g/mol. The van der Waals surface area contributed by atoms with Gasteiger partial charge >= 0.3 is 5.97 Å². The van der Waals surface area contributed by atoms with Crippen LogP contribution >= 0.6 is 0 Å². The minimum atomic E-state index is -1.07. The second kappa shape index (κ2) is 5.44. The Morgan fingerprint density at radius 2 is 2.20 bits per heavy atom. The Morgan fingerprint density at radius 1 is 1.53 bits per heavy atom. The van der Waals surface area contributed by atoms with Gasteiger partial charge in [-0.15, -0.1) is 0 Å². The highest BCUT2D eigenvalue weighted by Crippen LogP contribution is 2.38. The van der Waals surface area contributed by atoms with Crippen molar-refractivity contribution in [2.45, 2.75) is 37.9 Å². The van der Waals surface area contributed by atoms with Crippen LogP contribution in [0, 0.1) is 0 Å². The molecule has 0 saturated heterocycles. The van der Waals surface area contributed by atoms with Crippen molar-refractivity contribution in [1.82, 2.24) is 0 Å². The predicted octanol–water partition coefficient (Wildman–Crippen LogP) is 0.408. The first-order valence-corrected chi connectivity index (χ1v) is 5.24. The molecule has 0 aromatic rings. The van der Waals surface area contributed by atoms with Gasteiger partial charge in [-0.3, -0.25) is 0 Å². The van der Waals surface area contributed by atoms with Crippen LogP contribution in [0.4, 0.5) is 0 Å². The summed E-state index contributed by atoms with van der Waals surface area (Å²) >= 11 is 0. The zero-order valence-electron chi connectivity index (χ0n) is 8.94. The Morgan fingerprint density at radius 3 is 2.67 bits per heavy atom. The van der Waals surface area contributed by atoms with Gasteiger partial charge in [0.1, 0.15) is 0 Å². The molecule has 0 aromatic heterocycles. The molecule has 0 heterocycles. The maximum absolute atomic E-state index is 11.0. The summed E-state index contributed by atoms with van der Waals surface area (Å²) in [6, 6.07) is 0. The van der Waals surface area contributed by atoms with E-state index in [1.807, 2.05) is 6.92 Å². The summed E-state index contributed by atoms with van der Waals surface area (Å²) in [6.07, 6.45) is 1.28. The Bertz CT molecular complexity index is 204.